The fraction of sp³-hybridized carbons (Fsp3) is 0.882. The van der Waals surface area contributed by atoms with E-state index in [0.29, 0.717) is 0 Å². The maximum atomic E-state index is 2.44. The Bertz CT molecular complexity index is 245. The lowest BCUT2D eigenvalue weighted by molar-refractivity contribution is 0.337. The molecule has 2 atom stereocenters. The standard InChI is InChI=1S/C17H32/c1-6-9-16-10-13(4)14(5)11-17(16)12-15(7-2)8-3/h13-15H,6-12H2,1-5H3. The highest BCUT2D eigenvalue weighted by atomic mass is 14.3. The van der Waals surface area contributed by atoms with Gasteiger partial charge in [-0.1, -0.05) is 65.0 Å². The number of rotatable bonds is 6. The smallest absolute Gasteiger partial charge is 0.0289 e. The van der Waals surface area contributed by atoms with Crippen molar-refractivity contribution in [3.05, 3.63) is 11.1 Å². The van der Waals surface area contributed by atoms with E-state index in [9.17, 15) is 0 Å². The van der Waals surface area contributed by atoms with Crippen LogP contribution in [0.3, 0.4) is 0 Å². The SMILES string of the molecule is CCCC1=C(CC(CC)CC)CC(C)C(C)C1. The van der Waals surface area contributed by atoms with Gasteiger partial charge in [0.25, 0.3) is 0 Å². The topological polar surface area (TPSA) is 0 Å². The molecule has 0 N–H and O–H groups in total. The van der Waals surface area contributed by atoms with Gasteiger partial charge in [-0.2, -0.15) is 0 Å². The molecule has 0 fully saturated rings. The third-order valence-electron chi connectivity index (χ3n) is 4.85. The second-order valence-electron chi connectivity index (χ2n) is 6.21. The van der Waals surface area contributed by atoms with Crippen molar-refractivity contribution in [3.63, 3.8) is 0 Å². The van der Waals surface area contributed by atoms with Gasteiger partial charge < -0.3 is 0 Å². The fourth-order valence-electron chi connectivity index (χ4n) is 3.20. The quantitative estimate of drug-likeness (QED) is 0.498. The van der Waals surface area contributed by atoms with Crippen LogP contribution in [0.15, 0.2) is 11.1 Å². The summed E-state index contributed by atoms with van der Waals surface area (Å²) >= 11 is 0. The monoisotopic (exact) mass is 236 g/mol. The lowest BCUT2D eigenvalue weighted by Crippen LogP contribution is -2.18. The zero-order chi connectivity index (χ0) is 12.8. The molecule has 0 saturated heterocycles. The van der Waals surface area contributed by atoms with Gasteiger partial charge in [-0.05, 0) is 43.4 Å². The Kier molecular flexibility index (Phi) is 6.30. The molecule has 0 saturated carbocycles. The normalized spacial score (nSPS) is 25.8. The minimum Gasteiger partial charge on any atom is -0.0707 e. The van der Waals surface area contributed by atoms with E-state index in [-0.39, 0.29) is 0 Å². The van der Waals surface area contributed by atoms with Gasteiger partial charge in [0, 0.05) is 0 Å². The van der Waals surface area contributed by atoms with E-state index in [2.05, 4.69) is 34.6 Å². The second-order valence-corrected chi connectivity index (χ2v) is 6.21. The first-order valence-corrected chi connectivity index (χ1v) is 7.81. The largest absolute Gasteiger partial charge is 0.0707 e. The maximum Gasteiger partial charge on any atom is -0.0289 e. The molecule has 2 unspecified atom stereocenters. The van der Waals surface area contributed by atoms with E-state index >= 15 is 0 Å². The molecule has 0 aromatic rings. The number of hydrogen-bond acceptors (Lipinski definition) is 0. The van der Waals surface area contributed by atoms with E-state index in [1.807, 2.05) is 11.1 Å². The van der Waals surface area contributed by atoms with Gasteiger partial charge in [-0.15, -0.1) is 0 Å². The summed E-state index contributed by atoms with van der Waals surface area (Å²) in [5.41, 5.74) is 3.66. The Hall–Kier alpha value is -0.260. The molecule has 0 heteroatoms. The summed E-state index contributed by atoms with van der Waals surface area (Å²) < 4.78 is 0. The first-order chi connectivity index (χ1) is 8.12. The van der Waals surface area contributed by atoms with Crippen LogP contribution in [0.5, 0.6) is 0 Å². The summed E-state index contributed by atoms with van der Waals surface area (Å²) in [6.07, 6.45) is 9.53. The molecule has 0 bridgehead atoms. The second kappa shape index (κ2) is 7.24. The van der Waals surface area contributed by atoms with Crippen LogP contribution in [0.1, 0.15) is 79.6 Å². The van der Waals surface area contributed by atoms with Crippen molar-refractivity contribution in [2.75, 3.05) is 0 Å². The van der Waals surface area contributed by atoms with Crippen molar-refractivity contribution in [1.82, 2.24) is 0 Å². The third-order valence-corrected chi connectivity index (χ3v) is 4.85. The van der Waals surface area contributed by atoms with E-state index in [1.54, 1.807) is 0 Å². The third kappa shape index (κ3) is 4.16. The predicted molar refractivity (Wildman–Crippen MR) is 78.2 cm³/mol. The maximum absolute atomic E-state index is 2.44. The fourth-order valence-corrected chi connectivity index (χ4v) is 3.20. The molecule has 0 aromatic carbocycles. The molecular weight excluding hydrogens is 204 g/mol. The number of hydrogen-bond donors (Lipinski definition) is 0. The molecule has 100 valence electrons. The minimum atomic E-state index is 0.903. The predicted octanol–water partition coefficient (Wildman–Crippen LogP) is 5.98. The molecular formula is C17H32. The first kappa shape index (κ1) is 14.8. The van der Waals surface area contributed by atoms with E-state index in [4.69, 9.17) is 0 Å². The molecule has 0 amide bonds. The number of allylic oxidation sites excluding steroid dienone is 2. The molecule has 0 aliphatic heterocycles. The summed E-state index contributed by atoms with van der Waals surface area (Å²) in [5.74, 6) is 2.74. The van der Waals surface area contributed by atoms with Gasteiger partial charge in [0.15, 0.2) is 0 Å². The highest BCUT2D eigenvalue weighted by Gasteiger charge is 2.24. The van der Waals surface area contributed by atoms with Crippen molar-refractivity contribution >= 4 is 0 Å². The van der Waals surface area contributed by atoms with Crippen LogP contribution >= 0.6 is 0 Å². The van der Waals surface area contributed by atoms with Gasteiger partial charge in [0.05, 0.1) is 0 Å². The van der Waals surface area contributed by atoms with E-state index in [1.165, 1.54) is 44.9 Å². The molecule has 0 heterocycles. The van der Waals surface area contributed by atoms with Crippen LogP contribution in [0.4, 0.5) is 0 Å². The summed E-state index contributed by atoms with van der Waals surface area (Å²) in [5, 5.41) is 0. The molecule has 17 heavy (non-hydrogen) atoms. The van der Waals surface area contributed by atoms with Gasteiger partial charge in [-0.3, -0.25) is 0 Å². The van der Waals surface area contributed by atoms with Gasteiger partial charge >= 0.3 is 0 Å². The lowest BCUT2D eigenvalue weighted by Gasteiger charge is -2.32. The Morgan fingerprint density at radius 3 is 1.94 bits per heavy atom. The van der Waals surface area contributed by atoms with Gasteiger partial charge in [-0.25, -0.2) is 0 Å². The zero-order valence-electron chi connectivity index (χ0n) is 12.7. The van der Waals surface area contributed by atoms with Crippen molar-refractivity contribution in [1.29, 1.82) is 0 Å². The molecule has 0 radical (unpaired) electrons. The van der Waals surface area contributed by atoms with Crippen molar-refractivity contribution < 1.29 is 0 Å². The highest BCUT2D eigenvalue weighted by molar-refractivity contribution is 5.19. The van der Waals surface area contributed by atoms with Crippen LogP contribution in [0, 0.1) is 17.8 Å². The molecule has 0 nitrogen and oxygen atoms in total. The molecule has 0 spiro atoms. The highest BCUT2D eigenvalue weighted by Crippen LogP contribution is 2.39. The van der Waals surface area contributed by atoms with Crippen LogP contribution in [0.25, 0.3) is 0 Å². The molecule has 1 aliphatic carbocycles. The Morgan fingerprint density at radius 1 is 0.941 bits per heavy atom. The lowest BCUT2D eigenvalue weighted by atomic mass is 9.74. The van der Waals surface area contributed by atoms with Crippen LogP contribution < -0.4 is 0 Å². The average Bonchev–Trinajstić information content (AvgIpc) is 2.32. The van der Waals surface area contributed by atoms with Crippen molar-refractivity contribution in [2.24, 2.45) is 17.8 Å². The summed E-state index contributed by atoms with van der Waals surface area (Å²) in [4.78, 5) is 0. The summed E-state index contributed by atoms with van der Waals surface area (Å²) in [7, 11) is 0. The van der Waals surface area contributed by atoms with Gasteiger partial charge in [0.2, 0.25) is 0 Å². The van der Waals surface area contributed by atoms with Gasteiger partial charge in [0.1, 0.15) is 0 Å². The van der Waals surface area contributed by atoms with Crippen molar-refractivity contribution in [2.45, 2.75) is 79.6 Å². The van der Waals surface area contributed by atoms with Crippen LogP contribution in [-0.2, 0) is 0 Å². The molecule has 1 rings (SSSR count). The van der Waals surface area contributed by atoms with E-state index in [0.717, 1.165) is 17.8 Å². The molecule has 1 aliphatic rings. The Labute approximate surface area is 109 Å². The Morgan fingerprint density at radius 2 is 1.47 bits per heavy atom. The molecule has 0 aromatic heterocycles. The summed E-state index contributed by atoms with van der Waals surface area (Å²) in [6, 6.07) is 0. The van der Waals surface area contributed by atoms with Crippen LogP contribution in [-0.4, -0.2) is 0 Å². The average molecular weight is 236 g/mol. The Balaban J connectivity index is 2.76. The summed E-state index contributed by atoms with van der Waals surface area (Å²) in [6.45, 7) is 11.9. The minimum absolute atomic E-state index is 0.903. The van der Waals surface area contributed by atoms with Crippen LogP contribution in [0.2, 0.25) is 0 Å². The zero-order valence-corrected chi connectivity index (χ0v) is 12.7. The van der Waals surface area contributed by atoms with E-state index < -0.39 is 0 Å². The van der Waals surface area contributed by atoms with Crippen molar-refractivity contribution in [3.8, 4) is 0 Å². The first-order valence-electron chi connectivity index (χ1n) is 7.81.